The molecule has 1 atom stereocenters. The average Bonchev–Trinajstić information content (AvgIpc) is 2.25. The predicted molar refractivity (Wildman–Crippen MR) is 65.5 cm³/mol. The van der Waals surface area contributed by atoms with Gasteiger partial charge in [0.1, 0.15) is 0 Å². The first kappa shape index (κ1) is 12.2. The van der Waals surface area contributed by atoms with Crippen molar-refractivity contribution in [1.29, 1.82) is 0 Å². The third-order valence-electron chi connectivity index (χ3n) is 2.82. The Morgan fingerprint density at radius 3 is 2.40 bits per heavy atom. The zero-order valence-corrected chi connectivity index (χ0v) is 9.74. The van der Waals surface area contributed by atoms with Crippen LogP contribution in [0, 0.1) is 11.8 Å². The molecule has 0 aliphatic carbocycles. The van der Waals surface area contributed by atoms with E-state index in [1.165, 1.54) is 5.56 Å². The molecular formula is C13H22N2. The van der Waals surface area contributed by atoms with Crippen LogP contribution in [0.5, 0.6) is 0 Å². The largest absolute Gasteiger partial charge is 0.330 e. The highest BCUT2D eigenvalue weighted by Crippen LogP contribution is 2.07. The second-order valence-corrected chi connectivity index (χ2v) is 4.36. The van der Waals surface area contributed by atoms with Gasteiger partial charge in [0.15, 0.2) is 0 Å². The maximum Gasteiger partial charge on any atom is 0.0205 e. The van der Waals surface area contributed by atoms with Crippen LogP contribution in [0.2, 0.25) is 0 Å². The molecule has 1 aromatic carbocycles. The molecule has 0 aliphatic heterocycles. The molecule has 1 aromatic rings. The lowest BCUT2D eigenvalue weighted by molar-refractivity contribution is 0.370. The molecule has 0 radical (unpaired) electrons. The molecule has 0 spiro atoms. The molecule has 2 heteroatoms. The van der Waals surface area contributed by atoms with Crippen molar-refractivity contribution in [2.45, 2.75) is 20.4 Å². The first-order valence-corrected chi connectivity index (χ1v) is 5.68. The molecule has 2 nitrogen and oxygen atoms in total. The third kappa shape index (κ3) is 4.45. The molecule has 0 heterocycles. The average molecular weight is 206 g/mol. The Bertz CT molecular complexity index is 256. The minimum atomic E-state index is 0.578. The van der Waals surface area contributed by atoms with Crippen molar-refractivity contribution in [2.24, 2.45) is 17.6 Å². The summed E-state index contributed by atoms with van der Waals surface area (Å²) in [6, 6.07) is 10.5. The Morgan fingerprint density at radius 1 is 1.20 bits per heavy atom. The number of benzene rings is 1. The van der Waals surface area contributed by atoms with Crippen LogP contribution in [0.25, 0.3) is 0 Å². The van der Waals surface area contributed by atoms with Crippen LogP contribution in [0.4, 0.5) is 0 Å². The topological polar surface area (TPSA) is 38.0 Å². The number of hydrogen-bond acceptors (Lipinski definition) is 2. The molecule has 0 saturated heterocycles. The first-order chi connectivity index (χ1) is 7.24. The van der Waals surface area contributed by atoms with Crippen LogP contribution in [-0.2, 0) is 6.54 Å². The molecular weight excluding hydrogens is 184 g/mol. The quantitative estimate of drug-likeness (QED) is 0.747. The fourth-order valence-corrected chi connectivity index (χ4v) is 1.59. The summed E-state index contributed by atoms with van der Waals surface area (Å²) < 4.78 is 0. The summed E-state index contributed by atoms with van der Waals surface area (Å²) in [5.41, 5.74) is 7.04. The highest BCUT2D eigenvalue weighted by atomic mass is 14.9. The van der Waals surface area contributed by atoms with E-state index < -0.39 is 0 Å². The van der Waals surface area contributed by atoms with Gasteiger partial charge in [-0.25, -0.2) is 0 Å². The second kappa shape index (κ2) is 6.59. The van der Waals surface area contributed by atoms with Gasteiger partial charge in [-0.3, -0.25) is 0 Å². The fraction of sp³-hybridized carbons (Fsp3) is 0.538. The van der Waals surface area contributed by atoms with Gasteiger partial charge in [0.2, 0.25) is 0 Å². The molecule has 0 fully saturated rings. The lowest BCUT2D eigenvalue weighted by Gasteiger charge is -2.19. The summed E-state index contributed by atoms with van der Waals surface area (Å²) in [5, 5.41) is 3.45. The van der Waals surface area contributed by atoms with Crippen molar-refractivity contribution in [3.63, 3.8) is 0 Å². The van der Waals surface area contributed by atoms with Crippen molar-refractivity contribution in [3.05, 3.63) is 35.9 Å². The second-order valence-electron chi connectivity index (χ2n) is 4.36. The van der Waals surface area contributed by atoms with Gasteiger partial charge in [-0.05, 0) is 30.5 Å². The Kier molecular flexibility index (Phi) is 5.37. The highest BCUT2D eigenvalue weighted by Gasteiger charge is 2.10. The minimum Gasteiger partial charge on any atom is -0.330 e. The zero-order valence-electron chi connectivity index (χ0n) is 9.74. The Hall–Kier alpha value is -0.860. The van der Waals surface area contributed by atoms with Crippen LogP contribution in [-0.4, -0.2) is 13.1 Å². The van der Waals surface area contributed by atoms with Crippen molar-refractivity contribution < 1.29 is 0 Å². The maximum atomic E-state index is 5.71. The molecule has 0 saturated carbocycles. The number of rotatable bonds is 6. The Balaban J connectivity index is 2.27. The van der Waals surface area contributed by atoms with Crippen LogP contribution >= 0.6 is 0 Å². The smallest absolute Gasteiger partial charge is 0.0205 e. The summed E-state index contributed by atoms with van der Waals surface area (Å²) in [6.07, 6.45) is 0. The van der Waals surface area contributed by atoms with Gasteiger partial charge in [0.05, 0.1) is 0 Å². The van der Waals surface area contributed by atoms with Gasteiger partial charge in [0, 0.05) is 6.54 Å². The number of hydrogen-bond donors (Lipinski definition) is 2. The highest BCUT2D eigenvalue weighted by molar-refractivity contribution is 5.14. The summed E-state index contributed by atoms with van der Waals surface area (Å²) >= 11 is 0. The van der Waals surface area contributed by atoms with E-state index in [1.807, 2.05) is 6.07 Å². The van der Waals surface area contributed by atoms with Crippen molar-refractivity contribution in [1.82, 2.24) is 5.32 Å². The van der Waals surface area contributed by atoms with E-state index in [0.717, 1.165) is 19.6 Å². The van der Waals surface area contributed by atoms with E-state index in [4.69, 9.17) is 5.73 Å². The molecule has 3 N–H and O–H groups in total. The monoisotopic (exact) mass is 206 g/mol. The van der Waals surface area contributed by atoms with Crippen LogP contribution < -0.4 is 11.1 Å². The third-order valence-corrected chi connectivity index (χ3v) is 2.82. The fourth-order valence-electron chi connectivity index (χ4n) is 1.59. The molecule has 1 unspecified atom stereocenters. The van der Waals surface area contributed by atoms with Crippen LogP contribution in [0.1, 0.15) is 19.4 Å². The van der Waals surface area contributed by atoms with Gasteiger partial charge in [-0.1, -0.05) is 44.2 Å². The van der Waals surface area contributed by atoms with E-state index in [2.05, 4.69) is 43.4 Å². The van der Waals surface area contributed by atoms with E-state index >= 15 is 0 Å². The van der Waals surface area contributed by atoms with Gasteiger partial charge in [0.25, 0.3) is 0 Å². The standard InChI is InChI=1S/C13H22N2/c1-11(2)13(8-14)10-15-9-12-6-4-3-5-7-12/h3-7,11,13,15H,8-10,14H2,1-2H3. The van der Waals surface area contributed by atoms with Gasteiger partial charge >= 0.3 is 0 Å². The summed E-state index contributed by atoms with van der Waals surface area (Å²) in [5.74, 6) is 1.23. The van der Waals surface area contributed by atoms with Crippen molar-refractivity contribution in [2.75, 3.05) is 13.1 Å². The van der Waals surface area contributed by atoms with Crippen LogP contribution in [0.15, 0.2) is 30.3 Å². The van der Waals surface area contributed by atoms with E-state index in [-0.39, 0.29) is 0 Å². The Labute approximate surface area is 92.9 Å². The lowest BCUT2D eigenvalue weighted by Crippen LogP contribution is -2.31. The molecule has 0 aromatic heterocycles. The first-order valence-electron chi connectivity index (χ1n) is 5.68. The van der Waals surface area contributed by atoms with E-state index in [9.17, 15) is 0 Å². The minimum absolute atomic E-state index is 0.578. The number of nitrogens with two attached hydrogens (primary N) is 1. The molecule has 0 bridgehead atoms. The van der Waals surface area contributed by atoms with Gasteiger partial charge < -0.3 is 11.1 Å². The zero-order chi connectivity index (χ0) is 11.1. The van der Waals surface area contributed by atoms with E-state index in [0.29, 0.717) is 11.8 Å². The Morgan fingerprint density at radius 2 is 1.87 bits per heavy atom. The lowest BCUT2D eigenvalue weighted by atomic mass is 9.96. The van der Waals surface area contributed by atoms with Gasteiger partial charge in [-0.2, -0.15) is 0 Å². The molecule has 0 aliphatic rings. The molecule has 1 rings (SSSR count). The van der Waals surface area contributed by atoms with Crippen molar-refractivity contribution >= 4 is 0 Å². The van der Waals surface area contributed by atoms with Crippen molar-refractivity contribution in [3.8, 4) is 0 Å². The van der Waals surface area contributed by atoms with Crippen LogP contribution in [0.3, 0.4) is 0 Å². The number of nitrogens with one attached hydrogen (secondary N) is 1. The summed E-state index contributed by atoms with van der Waals surface area (Å²) in [7, 11) is 0. The van der Waals surface area contributed by atoms with E-state index in [1.54, 1.807) is 0 Å². The normalized spacial score (nSPS) is 13.1. The summed E-state index contributed by atoms with van der Waals surface area (Å²) in [6.45, 7) is 7.15. The molecule has 15 heavy (non-hydrogen) atoms. The maximum absolute atomic E-state index is 5.71. The summed E-state index contributed by atoms with van der Waals surface area (Å²) in [4.78, 5) is 0. The SMILES string of the molecule is CC(C)C(CN)CNCc1ccccc1. The molecule has 84 valence electrons. The van der Waals surface area contributed by atoms with Gasteiger partial charge in [-0.15, -0.1) is 0 Å². The molecule has 0 amide bonds. The predicted octanol–water partition coefficient (Wildman–Crippen LogP) is 2.01.